The minimum absolute atomic E-state index is 0.0874. The van der Waals surface area contributed by atoms with Crippen molar-refractivity contribution in [3.63, 3.8) is 0 Å². The summed E-state index contributed by atoms with van der Waals surface area (Å²) < 4.78 is 12.7. The average Bonchev–Trinajstić information content (AvgIpc) is 2.96. The van der Waals surface area contributed by atoms with Gasteiger partial charge >= 0.3 is 0 Å². The van der Waals surface area contributed by atoms with E-state index in [1.54, 1.807) is 7.11 Å². The highest BCUT2D eigenvalue weighted by molar-refractivity contribution is 5.97. The molecule has 0 spiro atoms. The van der Waals surface area contributed by atoms with Crippen molar-refractivity contribution in [2.24, 2.45) is 7.05 Å². The number of nitrogens with one attached hydrogen (secondary N) is 2. The van der Waals surface area contributed by atoms with E-state index in [0.717, 1.165) is 36.4 Å². The van der Waals surface area contributed by atoms with Gasteiger partial charge in [0.15, 0.2) is 0 Å². The Labute approximate surface area is 147 Å². The molecule has 1 aromatic heterocycles. The summed E-state index contributed by atoms with van der Waals surface area (Å²) >= 11 is 0. The molecular weight excluding hydrogens is 320 g/mol. The number of ether oxygens (including phenoxy) is 2. The quantitative estimate of drug-likeness (QED) is 0.749. The van der Waals surface area contributed by atoms with Crippen molar-refractivity contribution in [2.75, 3.05) is 38.7 Å². The maximum Gasteiger partial charge on any atom is 0.251 e. The average molecular weight is 346 g/mol. The summed E-state index contributed by atoms with van der Waals surface area (Å²) in [6.07, 6.45) is 3.42. The lowest BCUT2D eigenvalue weighted by Crippen LogP contribution is -2.35. The number of carbonyl (C=O) groups excluding carboxylic acids is 1. The van der Waals surface area contributed by atoms with Crippen molar-refractivity contribution in [2.45, 2.75) is 25.4 Å². The second kappa shape index (κ2) is 8.31. The fourth-order valence-electron chi connectivity index (χ4n) is 3.04. The number of rotatable bonds is 7. The van der Waals surface area contributed by atoms with Crippen LogP contribution in [0.3, 0.4) is 0 Å². The summed E-state index contributed by atoms with van der Waals surface area (Å²) in [4.78, 5) is 17.0. The highest BCUT2D eigenvalue weighted by Crippen LogP contribution is 2.20. The molecule has 0 radical (unpaired) electrons. The molecule has 136 valence electrons. The van der Waals surface area contributed by atoms with Crippen LogP contribution in [0.2, 0.25) is 0 Å². The molecular formula is C18H26N4O3. The number of hydrogen-bond donors (Lipinski definition) is 2. The Balaban J connectivity index is 1.66. The van der Waals surface area contributed by atoms with Gasteiger partial charge < -0.3 is 24.7 Å². The molecule has 1 aliphatic rings. The number of anilines is 1. The van der Waals surface area contributed by atoms with Gasteiger partial charge in [-0.25, -0.2) is 4.98 Å². The van der Waals surface area contributed by atoms with E-state index in [1.807, 2.05) is 29.8 Å². The van der Waals surface area contributed by atoms with Crippen LogP contribution >= 0.6 is 0 Å². The van der Waals surface area contributed by atoms with Gasteiger partial charge in [0, 0.05) is 39.4 Å². The summed E-state index contributed by atoms with van der Waals surface area (Å²) in [5, 5.41) is 6.20. The standard InChI is InChI=1S/C18H26N4O3/c1-22-16-7-6-13(11-15(16)21-18(22)19-8-10-24-2)17(23)20-12-14-5-3-4-9-25-14/h6-7,11,14H,3-5,8-10,12H2,1-2H3,(H,19,21)(H,20,23). The fourth-order valence-corrected chi connectivity index (χ4v) is 3.04. The SMILES string of the molecule is COCCNc1nc2cc(C(=O)NCC3CCCCO3)ccc2n1C. The molecule has 3 rings (SSSR count). The van der Waals surface area contributed by atoms with Crippen molar-refractivity contribution >= 4 is 22.9 Å². The van der Waals surface area contributed by atoms with Gasteiger partial charge in [0.2, 0.25) is 5.95 Å². The third-order valence-corrected chi connectivity index (χ3v) is 4.50. The van der Waals surface area contributed by atoms with Crippen LogP contribution in [0, 0.1) is 0 Å². The molecule has 2 heterocycles. The number of amides is 1. The Hall–Kier alpha value is -2.12. The highest BCUT2D eigenvalue weighted by Gasteiger charge is 2.16. The van der Waals surface area contributed by atoms with Crippen LogP contribution in [0.15, 0.2) is 18.2 Å². The normalized spacial score (nSPS) is 17.6. The lowest BCUT2D eigenvalue weighted by atomic mass is 10.1. The van der Waals surface area contributed by atoms with E-state index in [0.29, 0.717) is 25.3 Å². The van der Waals surface area contributed by atoms with Gasteiger partial charge in [0.25, 0.3) is 5.91 Å². The minimum atomic E-state index is -0.0874. The topological polar surface area (TPSA) is 77.4 Å². The lowest BCUT2D eigenvalue weighted by Gasteiger charge is -2.22. The second-order valence-electron chi connectivity index (χ2n) is 6.32. The van der Waals surface area contributed by atoms with Crippen LogP contribution in [0.5, 0.6) is 0 Å². The van der Waals surface area contributed by atoms with Gasteiger partial charge in [0.1, 0.15) is 0 Å². The van der Waals surface area contributed by atoms with Crippen LogP contribution in [0.25, 0.3) is 11.0 Å². The first-order valence-corrected chi connectivity index (χ1v) is 8.78. The Bertz CT molecular complexity index is 722. The van der Waals surface area contributed by atoms with Crippen LogP contribution in [-0.2, 0) is 16.5 Å². The largest absolute Gasteiger partial charge is 0.383 e. The summed E-state index contributed by atoms with van der Waals surface area (Å²) in [7, 11) is 3.62. The number of aromatic nitrogens is 2. The smallest absolute Gasteiger partial charge is 0.251 e. The predicted molar refractivity (Wildman–Crippen MR) is 97.0 cm³/mol. The molecule has 1 aliphatic heterocycles. The van der Waals surface area contributed by atoms with E-state index < -0.39 is 0 Å². The zero-order valence-corrected chi connectivity index (χ0v) is 14.9. The molecule has 1 fully saturated rings. The van der Waals surface area contributed by atoms with E-state index in [1.165, 1.54) is 6.42 Å². The van der Waals surface area contributed by atoms with Gasteiger partial charge in [-0.3, -0.25) is 4.79 Å². The number of hydrogen-bond acceptors (Lipinski definition) is 5. The van der Waals surface area contributed by atoms with E-state index in [-0.39, 0.29) is 12.0 Å². The van der Waals surface area contributed by atoms with Gasteiger partial charge in [-0.2, -0.15) is 0 Å². The molecule has 7 heteroatoms. The Kier molecular flexibility index (Phi) is 5.88. The molecule has 25 heavy (non-hydrogen) atoms. The van der Waals surface area contributed by atoms with Gasteiger partial charge in [-0.05, 0) is 37.5 Å². The Morgan fingerprint density at radius 3 is 3.08 bits per heavy atom. The fraction of sp³-hybridized carbons (Fsp3) is 0.556. The van der Waals surface area contributed by atoms with E-state index in [9.17, 15) is 4.79 Å². The Morgan fingerprint density at radius 2 is 2.32 bits per heavy atom. The molecule has 2 aromatic rings. The molecule has 1 aromatic carbocycles. The molecule has 2 N–H and O–H groups in total. The summed E-state index contributed by atoms with van der Waals surface area (Å²) in [5.74, 6) is 0.677. The van der Waals surface area contributed by atoms with Crippen LogP contribution in [0.1, 0.15) is 29.6 Å². The summed E-state index contributed by atoms with van der Waals surface area (Å²) in [6, 6.07) is 5.59. The first-order valence-electron chi connectivity index (χ1n) is 8.78. The maximum atomic E-state index is 12.4. The molecule has 0 aliphatic carbocycles. The number of aryl methyl sites for hydroxylation is 1. The second-order valence-corrected chi connectivity index (χ2v) is 6.32. The van der Waals surface area contributed by atoms with Crippen molar-refractivity contribution in [1.29, 1.82) is 0 Å². The number of imidazole rings is 1. The molecule has 1 atom stereocenters. The van der Waals surface area contributed by atoms with Crippen molar-refractivity contribution in [3.8, 4) is 0 Å². The van der Waals surface area contributed by atoms with Gasteiger partial charge in [-0.15, -0.1) is 0 Å². The zero-order chi connectivity index (χ0) is 17.6. The van der Waals surface area contributed by atoms with Crippen molar-refractivity contribution in [3.05, 3.63) is 23.8 Å². The summed E-state index contributed by atoms with van der Waals surface area (Å²) in [5.41, 5.74) is 2.39. The third-order valence-electron chi connectivity index (χ3n) is 4.50. The zero-order valence-electron chi connectivity index (χ0n) is 14.9. The van der Waals surface area contributed by atoms with Crippen LogP contribution in [-0.4, -0.2) is 55.0 Å². The predicted octanol–water partition coefficient (Wildman–Crippen LogP) is 1.93. The number of methoxy groups -OCH3 is 1. The third kappa shape index (κ3) is 4.29. The Morgan fingerprint density at radius 1 is 1.44 bits per heavy atom. The minimum Gasteiger partial charge on any atom is -0.383 e. The molecule has 7 nitrogen and oxygen atoms in total. The number of benzene rings is 1. The number of carbonyl (C=O) groups is 1. The molecule has 1 amide bonds. The number of nitrogens with zero attached hydrogens (tertiary/aromatic N) is 2. The maximum absolute atomic E-state index is 12.4. The van der Waals surface area contributed by atoms with Crippen LogP contribution in [0.4, 0.5) is 5.95 Å². The monoisotopic (exact) mass is 346 g/mol. The van der Waals surface area contributed by atoms with Crippen LogP contribution < -0.4 is 10.6 Å². The van der Waals surface area contributed by atoms with E-state index in [2.05, 4.69) is 15.6 Å². The van der Waals surface area contributed by atoms with E-state index in [4.69, 9.17) is 9.47 Å². The molecule has 1 unspecified atom stereocenters. The van der Waals surface area contributed by atoms with Gasteiger partial charge in [0.05, 0.1) is 23.7 Å². The van der Waals surface area contributed by atoms with E-state index >= 15 is 0 Å². The molecule has 0 bridgehead atoms. The first kappa shape index (κ1) is 17.7. The molecule has 1 saturated heterocycles. The highest BCUT2D eigenvalue weighted by atomic mass is 16.5. The first-order chi connectivity index (χ1) is 12.2. The summed E-state index contributed by atoms with van der Waals surface area (Å²) in [6.45, 7) is 2.64. The molecule has 0 saturated carbocycles. The van der Waals surface area contributed by atoms with Crippen molar-refractivity contribution in [1.82, 2.24) is 14.9 Å². The van der Waals surface area contributed by atoms with Crippen molar-refractivity contribution < 1.29 is 14.3 Å². The number of fused-ring (bicyclic) bond motifs is 1. The lowest BCUT2D eigenvalue weighted by molar-refractivity contribution is 0.0169. The van der Waals surface area contributed by atoms with Gasteiger partial charge in [-0.1, -0.05) is 0 Å².